The van der Waals surface area contributed by atoms with Crippen LogP contribution in [0.5, 0.6) is 5.75 Å². The maximum atomic E-state index is 11.8. The summed E-state index contributed by atoms with van der Waals surface area (Å²) < 4.78 is 10.3. The van der Waals surface area contributed by atoms with Crippen molar-refractivity contribution in [2.45, 2.75) is 39.7 Å². The van der Waals surface area contributed by atoms with Gasteiger partial charge in [0.05, 0.1) is 12.2 Å². The van der Waals surface area contributed by atoms with E-state index in [9.17, 15) is 14.4 Å². The quantitative estimate of drug-likeness (QED) is 0.710. The zero-order valence-corrected chi connectivity index (χ0v) is 14.3. The van der Waals surface area contributed by atoms with E-state index in [2.05, 4.69) is 10.6 Å². The van der Waals surface area contributed by atoms with Crippen LogP contribution in [0.2, 0.25) is 0 Å². The van der Waals surface area contributed by atoms with E-state index in [1.807, 2.05) is 20.8 Å². The molecule has 0 aliphatic rings. The molecule has 0 aliphatic carbocycles. The molecule has 2 N–H and O–H groups in total. The van der Waals surface area contributed by atoms with Crippen molar-refractivity contribution in [2.24, 2.45) is 0 Å². The van der Waals surface area contributed by atoms with E-state index in [0.717, 1.165) is 12.8 Å². The molecule has 0 aromatic heterocycles. The second-order valence-corrected chi connectivity index (χ2v) is 5.28. The van der Waals surface area contributed by atoms with Gasteiger partial charge in [-0.05, 0) is 44.0 Å². The molecule has 0 spiro atoms. The topological polar surface area (TPSA) is 93.7 Å². The highest BCUT2D eigenvalue weighted by molar-refractivity contribution is 5.97. The lowest BCUT2D eigenvalue weighted by atomic mass is 10.2. The lowest BCUT2D eigenvalue weighted by Gasteiger charge is -2.11. The Kier molecular flexibility index (Phi) is 8.32. The highest BCUT2D eigenvalue weighted by atomic mass is 16.5. The zero-order valence-electron chi connectivity index (χ0n) is 14.3. The molecule has 3 amide bonds. The average Bonchev–Trinajstić information content (AvgIpc) is 2.58. The number of rotatable bonds is 8. The zero-order chi connectivity index (χ0) is 17.9. The van der Waals surface area contributed by atoms with Crippen molar-refractivity contribution in [3.8, 4) is 5.75 Å². The van der Waals surface area contributed by atoms with E-state index in [1.54, 1.807) is 24.3 Å². The molecule has 0 saturated heterocycles. The van der Waals surface area contributed by atoms with E-state index >= 15 is 0 Å². The highest BCUT2D eigenvalue weighted by Gasteiger charge is 2.13. The number of amides is 3. The first kappa shape index (κ1) is 19.5. The Hall–Kier alpha value is -2.57. The fourth-order valence-corrected chi connectivity index (χ4v) is 1.65. The summed E-state index contributed by atoms with van der Waals surface area (Å²) in [6.07, 6.45) is 1.64. The van der Waals surface area contributed by atoms with Gasteiger partial charge < -0.3 is 14.8 Å². The maximum absolute atomic E-state index is 11.8. The van der Waals surface area contributed by atoms with Crippen LogP contribution in [0.4, 0.5) is 4.79 Å². The van der Waals surface area contributed by atoms with Gasteiger partial charge in [-0.2, -0.15) is 0 Å². The summed E-state index contributed by atoms with van der Waals surface area (Å²) in [5.41, 5.74) is 0.302. The number of carbonyl (C=O) groups excluding carboxylic acids is 3. The summed E-state index contributed by atoms with van der Waals surface area (Å²) in [7, 11) is 0. The van der Waals surface area contributed by atoms with Crippen LogP contribution in [0.1, 0.15) is 44.0 Å². The van der Waals surface area contributed by atoms with E-state index in [-0.39, 0.29) is 6.04 Å². The van der Waals surface area contributed by atoms with Crippen LogP contribution in [-0.4, -0.2) is 37.2 Å². The lowest BCUT2D eigenvalue weighted by Crippen LogP contribution is -2.44. The van der Waals surface area contributed by atoms with Crippen LogP contribution in [0.15, 0.2) is 24.3 Å². The predicted octanol–water partition coefficient (Wildman–Crippen LogP) is 2.26. The van der Waals surface area contributed by atoms with Crippen LogP contribution in [0.3, 0.4) is 0 Å². The second-order valence-electron chi connectivity index (χ2n) is 5.28. The van der Waals surface area contributed by atoms with Crippen molar-refractivity contribution in [1.29, 1.82) is 0 Å². The first-order valence-corrected chi connectivity index (χ1v) is 7.96. The molecule has 0 bridgehead atoms. The normalized spacial score (nSPS) is 11.3. The lowest BCUT2D eigenvalue weighted by molar-refractivity contribution is -0.123. The van der Waals surface area contributed by atoms with Crippen molar-refractivity contribution in [2.75, 3.05) is 13.2 Å². The molecule has 7 nitrogen and oxygen atoms in total. The van der Waals surface area contributed by atoms with Gasteiger partial charge in [-0.1, -0.05) is 13.8 Å². The maximum Gasteiger partial charge on any atom is 0.338 e. The number of ether oxygens (including phenoxy) is 2. The van der Waals surface area contributed by atoms with Crippen molar-refractivity contribution < 1.29 is 23.9 Å². The van der Waals surface area contributed by atoms with Crippen LogP contribution < -0.4 is 15.4 Å². The minimum Gasteiger partial charge on any atom is -0.494 e. The smallest absolute Gasteiger partial charge is 0.338 e. The summed E-state index contributed by atoms with van der Waals surface area (Å²) in [4.78, 5) is 34.9. The molecule has 1 atom stereocenters. The van der Waals surface area contributed by atoms with Gasteiger partial charge in [0, 0.05) is 6.04 Å². The van der Waals surface area contributed by atoms with Gasteiger partial charge in [0.15, 0.2) is 6.61 Å². The standard InChI is InChI=1S/C17H24N2O5/c1-4-10-23-14-8-6-13(7-9-14)16(21)24-11-15(20)19-17(22)18-12(3)5-2/h6-9,12H,4-5,10-11H2,1-3H3,(H2,18,19,20,22)/t12-/m0/s1. The third kappa shape index (κ3) is 7.13. The molecule has 0 aliphatic heterocycles. The summed E-state index contributed by atoms with van der Waals surface area (Å²) in [6.45, 7) is 5.80. The summed E-state index contributed by atoms with van der Waals surface area (Å²) in [5.74, 6) is -0.672. The molecule has 1 aromatic carbocycles. The number of imide groups is 1. The van der Waals surface area contributed by atoms with Gasteiger partial charge in [-0.15, -0.1) is 0 Å². The van der Waals surface area contributed by atoms with Gasteiger partial charge in [-0.25, -0.2) is 9.59 Å². The second kappa shape index (κ2) is 10.3. The SMILES string of the molecule is CCCOc1ccc(C(=O)OCC(=O)NC(=O)N[C@@H](C)CC)cc1. The largest absolute Gasteiger partial charge is 0.494 e. The highest BCUT2D eigenvalue weighted by Crippen LogP contribution is 2.13. The fourth-order valence-electron chi connectivity index (χ4n) is 1.65. The molecular weight excluding hydrogens is 312 g/mol. The molecule has 132 valence electrons. The van der Waals surface area contributed by atoms with Crippen LogP contribution >= 0.6 is 0 Å². The Morgan fingerprint density at radius 1 is 1.12 bits per heavy atom. The molecule has 1 rings (SSSR count). The number of esters is 1. The molecular formula is C17H24N2O5. The van der Waals surface area contributed by atoms with E-state index in [4.69, 9.17) is 9.47 Å². The van der Waals surface area contributed by atoms with Gasteiger partial charge >= 0.3 is 12.0 Å². The Bertz CT molecular complexity index is 557. The number of carbonyl (C=O) groups is 3. The van der Waals surface area contributed by atoms with E-state index in [1.165, 1.54) is 0 Å². The number of benzene rings is 1. The molecule has 0 heterocycles. The average molecular weight is 336 g/mol. The Labute approximate surface area is 141 Å². The number of hydrogen-bond acceptors (Lipinski definition) is 5. The molecule has 0 unspecified atom stereocenters. The van der Waals surface area contributed by atoms with Crippen LogP contribution in [0.25, 0.3) is 0 Å². The molecule has 0 radical (unpaired) electrons. The van der Waals surface area contributed by atoms with Gasteiger partial charge in [0.1, 0.15) is 5.75 Å². The van der Waals surface area contributed by atoms with Crippen LogP contribution in [0, 0.1) is 0 Å². The third-order valence-corrected chi connectivity index (χ3v) is 3.14. The van der Waals surface area contributed by atoms with Crippen molar-refractivity contribution >= 4 is 17.9 Å². The number of nitrogens with one attached hydrogen (secondary N) is 2. The first-order chi connectivity index (χ1) is 11.5. The van der Waals surface area contributed by atoms with Gasteiger partial charge in [0.25, 0.3) is 5.91 Å². The minimum atomic E-state index is -0.688. The van der Waals surface area contributed by atoms with Crippen molar-refractivity contribution in [1.82, 2.24) is 10.6 Å². The predicted molar refractivity (Wildman–Crippen MR) is 88.9 cm³/mol. The number of urea groups is 1. The number of hydrogen-bond donors (Lipinski definition) is 2. The fraction of sp³-hybridized carbons (Fsp3) is 0.471. The third-order valence-electron chi connectivity index (χ3n) is 3.14. The minimum absolute atomic E-state index is 0.0474. The van der Waals surface area contributed by atoms with Crippen LogP contribution in [-0.2, 0) is 9.53 Å². The monoisotopic (exact) mass is 336 g/mol. The first-order valence-electron chi connectivity index (χ1n) is 7.96. The van der Waals surface area contributed by atoms with E-state index < -0.39 is 24.5 Å². The molecule has 0 fully saturated rings. The molecule has 24 heavy (non-hydrogen) atoms. The van der Waals surface area contributed by atoms with E-state index in [0.29, 0.717) is 17.9 Å². The Balaban J connectivity index is 2.39. The summed E-state index contributed by atoms with van der Waals surface area (Å²) in [6, 6.07) is 5.77. The van der Waals surface area contributed by atoms with Crippen molar-refractivity contribution in [3.63, 3.8) is 0 Å². The molecule has 0 saturated carbocycles. The van der Waals surface area contributed by atoms with Gasteiger partial charge in [0.2, 0.25) is 0 Å². The molecule has 1 aromatic rings. The van der Waals surface area contributed by atoms with Crippen molar-refractivity contribution in [3.05, 3.63) is 29.8 Å². The Morgan fingerprint density at radius 2 is 1.79 bits per heavy atom. The van der Waals surface area contributed by atoms with Gasteiger partial charge in [-0.3, -0.25) is 10.1 Å². The molecule has 7 heteroatoms. The summed E-state index contributed by atoms with van der Waals surface area (Å²) in [5, 5.41) is 4.68. The Morgan fingerprint density at radius 3 is 2.38 bits per heavy atom. The summed E-state index contributed by atoms with van der Waals surface area (Å²) >= 11 is 0.